The number of rotatable bonds is 7. The average molecular weight is 275 g/mol. The Morgan fingerprint density at radius 3 is 2.95 bits per heavy atom. The fraction of sp³-hybridized carbons (Fsp3) is 0.647. The van der Waals surface area contributed by atoms with E-state index in [1.54, 1.807) is 0 Å². The van der Waals surface area contributed by atoms with E-state index in [-0.39, 0.29) is 0 Å². The predicted octanol–water partition coefficient (Wildman–Crippen LogP) is 2.50. The number of likely N-dealkylation sites (N-methyl/N-ethyl adjacent to an activating group) is 2. The summed E-state index contributed by atoms with van der Waals surface area (Å²) in [6.07, 6.45) is 2.41. The van der Waals surface area contributed by atoms with Gasteiger partial charge < -0.3 is 15.1 Å². The molecule has 0 radical (unpaired) electrons. The van der Waals surface area contributed by atoms with Gasteiger partial charge in [-0.25, -0.2) is 0 Å². The number of nitrogens with zero attached hydrogens (tertiary/aromatic N) is 2. The van der Waals surface area contributed by atoms with Gasteiger partial charge in [-0.2, -0.15) is 0 Å². The largest absolute Gasteiger partial charge is 0.374 e. The highest BCUT2D eigenvalue weighted by atomic mass is 15.1. The Morgan fingerprint density at radius 1 is 1.40 bits per heavy atom. The monoisotopic (exact) mass is 275 g/mol. The Labute approximate surface area is 124 Å². The highest BCUT2D eigenvalue weighted by Crippen LogP contribution is 2.27. The lowest BCUT2D eigenvalue weighted by atomic mass is 10.1. The Morgan fingerprint density at radius 2 is 2.20 bits per heavy atom. The van der Waals surface area contributed by atoms with Gasteiger partial charge in [0.1, 0.15) is 0 Å². The Bertz CT molecular complexity index is 430. The van der Waals surface area contributed by atoms with Crippen LogP contribution in [0.1, 0.15) is 31.4 Å². The Hall–Kier alpha value is -1.06. The fourth-order valence-corrected chi connectivity index (χ4v) is 2.75. The minimum Gasteiger partial charge on any atom is -0.374 e. The molecule has 2 rings (SSSR count). The fourth-order valence-electron chi connectivity index (χ4n) is 2.75. The Balaban J connectivity index is 1.75. The van der Waals surface area contributed by atoms with Crippen LogP contribution in [0.25, 0.3) is 0 Å². The summed E-state index contributed by atoms with van der Waals surface area (Å²) in [5, 5.41) is 3.56. The average Bonchev–Trinajstić information content (AvgIpc) is 2.83. The minimum absolute atomic E-state index is 0.673. The van der Waals surface area contributed by atoms with Gasteiger partial charge in [-0.15, -0.1) is 0 Å². The molecule has 1 aliphatic rings. The molecule has 0 aliphatic carbocycles. The lowest BCUT2D eigenvalue weighted by molar-refractivity contribution is 0.252. The summed E-state index contributed by atoms with van der Waals surface area (Å²) in [7, 11) is 4.38. The van der Waals surface area contributed by atoms with Gasteiger partial charge >= 0.3 is 0 Å². The van der Waals surface area contributed by atoms with Gasteiger partial charge in [-0.3, -0.25) is 0 Å². The highest BCUT2D eigenvalue weighted by molar-refractivity contribution is 5.58. The van der Waals surface area contributed by atoms with Gasteiger partial charge in [0, 0.05) is 45.0 Å². The maximum absolute atomic E-state index is 3.56. The molecular formula is C17H29N3. The Kier molecular flexibility index (Phi) is 5.44. The number of anilines is 1. The number of fused-ring (bicyclic) bond motifs is 1. The predicted molar refractivity (Wildman–Crippen MR) is 87.5 cm³/mol. The van der Waals surface area contributed by atoms with E-state index >= 15 is 0 Å². The lowest BCUT2D eigenvalue weighted by Crippen LogP contribution is -2.34. The van der Waals surface area contributed by atoms with E-state index in [4.69, 9.17) is 0 Å². The molecule has 0 fully saturated rings. The van der Waals surface area contributed by atoms with Gasteiger partial charge in [0.2, 0.25) is 0 Å². The third-order valence-electron chi connectivity index (χ3n) is 4.59. The first-order valence-corrected chi connectivity index (χ1v) is 7.85. The normalized spacial score (nSPS) is 15.8. The quantitative estimate of drug-likeness (QED) is 0.771. The van der Waals surface area contributed by atoms with E-state index in [0.717, 1.165) is 26.2 Å². The van der Waals surface area contributed by atoms with Crippen molar-refractivity contribution in [3.05, 3.63) is 29.3 Å². The van der Waals surface area contributed by atoms with E-state index in [2.05, 4.69) is 61.3 Å². The zero-order valence-corrected chi connectivity index (χ0v) is 13.4. The summed E-state index contributed by atoms with van der Waals surface area (Å²) in [5.74, 6) is 0. The second-order valence-electron chi connectivity index (χ2n) is 6.05. The van der Waals surface area contributed by atoms with Crippen molar-refractivity contribution in [2.45, 2.75) is 39.3 Å². The van der Waals surface area contributed by atoms with Gasteiger partial charge in [-0.05, 0) is 44.0 Å². The molecule has 1 aliphatic heterocycles. The van der Waals surface area contributed by atoms with E-state index in [1.165, 1.54) is 29.7 Å². The van der Waals surface area contributed by atoms with Crippen LogP contribution in [-0.4, -0.2) is 44.7 Å². The number of nitrogens with one attached hydrogen (secondary N) is 1. The zero-order valence-electron chi connectivity index (χ0n) is 13.4. The molecule has 112 valence electrons. The molecule has 3 nitrogen and oxygen atoms in total. The van der Waals surface area contributed by atoms with Crippen molar-refractivity contribution >= 4 is 5.69 Å². The van der Waals surface area contributed by atoms with E-state index in [0.29, 0.717) is 6.04 Å². The van der Waals surface area contributed by atoms with Gasteiger partial charge in [0.15, 0.2) is 0 Å². The molecule has 0 saturated carbocycles. The van der Waals surface area contributed by atoms with Crippen molar-refractivity contribution < 1.29 is 0 Å². The molecule has 0 bridgehead atoms. The van der Waals surface area contributed by atoms with Crippen LogP contribution in [-0.2, 0) is 13.0 Å². The summed E-state index contributed by atoms with van der Waals surface area (Å²) in [6, 6.07) is 7.56. The van der Waals surface area contributed by atoms with Gasteiger partial charge in [0.05, 0.1) is 0 Å². The molecule has 3 heteroatoms. The molecule has 1 aromatic rings. The SMILES string of the molecule is CCC(C)N(C)CCNCc1ccc2c(c1)CCN2C. The minimum atomic E-state index is 0.673. The van der Waals surface area contributed by atoms with Crippen molar-refractivity contribution in [2.24, 2.45) is 0 Å². The summed E-state index contributed by atoms with van der Waals surface area (Å²) < 4.78 is 0. The van der Waals surface area contributed by atoms with Crippen molar-refractivity contribution in [2.75, 3.05) is 38.6 Å². The maximum atomic E-state index is 3.56. The second-order valence-corrected chi connectivity index (χ2v) is 6.05. The van der Waals surface area contributed by atoms with Crippen LogP contribution < -0.4 is 10.2 Å². The molecule has 0 saturated heterocycles. The maximum Gasteiger partial charge on any atom is 0.0397 e. The molecule has 1 unspecified atom stereocenters. The first kappa shape index (κ1) is 15.3. The smallest absolute Gasteiger partial charge is 0.0397 e. The van der Waals surface area contributed by atoms with Crippen molar-refractivity contribution in [3.8, 4) is 0 Å². The summed E-state index contributed by atoms with van der Waals surface area (Å²) in [5.41, 5.74) is 4.32. The summed E-state index contributed by atoms with van der Waals surface area (Å²) >= 11 is 0. The molecule has 20 heavy (non-hydrogen) atoms. The third-order valence-corrected chi connectivity index (χ3v) is 4.59. The number of benzene rings is 1. The van der Waals surface area contributed by atoms with Crippen molar-refractivity contribution in [3.63, 3.8) is 0 Å². The van der Waals surface area contributed by atoms with Crippen LogP contribution >= 0.6 is 0 Å². The molecule has 1 atom stereocenters. The van der Waals surface area contributed by atoms with Crippen LogP contribution in [0.5, 0.6) is 0 Å². The van der Waals surface area contributed by atoms with Crippen LogP contribution in [0.4, 0.5) is 5.69 Å². The summed E-state index contributed by atoms with van der Waals surface area (Å²) in [4.78, 5) is 4.76. The number of hydrogen-bond donors (Lipinski definition) is 1. The lowest BCUT2D eigenvalue weighted by Gasteiger charge is -2.23. The van der Waals surface area contributed by atoms with Crippen molar-refractivity contribution in [1.29, 1.82) is 0 Å². The molecule has 1 heterocycles. The molecular weight excluding hydrogens is 246 g/mol. The summed E-state index contributed by atoms with van der Waals surface area (Å²) in [6.45, 7) is 8.84. The second kappa shape index (κ2) is 7.09. The molecule has 0 spiro atoms. The van der Waals surface area contributed by atoms with Crippen LogP contribution in [0.3, 0.4) is 0 Å². The van der Waals surface area contributed by atoms with Gasteiger partial charge in [-0.1, -0.05) is 19.1 Å². The van der Waals surface area contributed by atoms with Crippen LogP contribution in [0, 0.1) is 0 Å². The standard InChI is InChI=1S/C17H29N3/c1-5-14(2)19(3)11-9-18-13-15-6-7-17-16(12-15)8-10-20(17)4/h6-7,12,14,18H,5,8-11,13H2,1-4H3. The highest BCUT2D eigenvalue weighted by Gasteiger charge is 2.15. The van der Waals surface area contributed by atoms with E-state index in [9.17, 15) is 0 Å². The molecule has 0 amide bonds. The van der Waals surface area contributed by atoms with E-state index < -0.39 is 0 Å². The molecule has 1 N–H and O–H groups in total. The topological polar surface area (TPSA) is 18.5 Å². The third kappa shape index (κ3) is 3.74. The van der Waals surface area contributed by atoms with Gasteiger partial charge in [0.25, 0.3) is 0 Å². The number of hydrogen-bond acceptors (Lipinski definition) is 3. The first-order chi connectivity index (χ1) is 9.61. The molecule has 1 aromatic carbocycles. The van der Waals surface area contributed by atoms with Crippen LogP contribution in [0.2, 0.25) is 0 Å². The van der Waals surface area contributed by atoms with Crippen molar-refractivity contribution in [1.82, 2.24) is 10.2 Å². The molecule has 0 aromatic heterocycles. The van der Waals surface area contributed by atoms with E-state index in [1.807, 2.05) is 0 Å². The van der Waals surface area contributed by atoms with Crippen LogP contribution in [0.15, 0.2) is 18.2 Å². The first-order valence-electron chi connectivity index (χ1n) is 7.85. The zero-order chi connectivity index (χ0) is 14.5.